The van der Waals surface area contributed by atoms with Crippen molar-refractivity contribution in [2.75, 3.05) is 12.3 Å². The minimum Gasteiger partial charge on any atom is -0.309 e. The fourth-order valence-corrected chi connectivity index (χ4v) is 2.72. The highest BCUT2D eigenvalue weighted by molar-refractivity contribution is 7.98. The van der Waals surface area contributed by atoms with Gasteiger partial charge >= 0.3 is 0 Å². The van der Waals surface area contributed by atoms with E-state index in [1.54, 1.807) is 11.9 Å². The van der Waals surface area contributed by atoms with Crippen LogP contribution in [0, 0.1) is 0 Å². The Morgan fingerprint density at radius 1 is 1.33 bits per heavy atom. The van der Waals surface area contributed by atoms with E-state index in [4.69, 9.17) is 5.73 Å². The van der Waals surface area contributed by atoms with Crippen LogP contribution in [0.3, 0.4) is 0 Å². The van der Waals surface area contributed by atoms with Gasteiger partial charge in [0.05, 0.1) is 5.75 Å². The lowest BCUT2D eigenvalue weighted by Crippen LogP contribution is -2.39. The maximum atomic E-state index is 11.2. The number of rotatable bonds is 7. The molecule has 0 radical (unpaired) electrons. The number of Topliss-reactive ketones (excluding diaryl/α,β-unsaturated/α-hetero) is 1. The van der Waals surface area contributed by atoms with Gasteiger partial charge in [0.25, 0.3) is 0 Å². The first kappa shape index (κ1) is 13.0. The summed E-state index contributed by atoms with van der Waals surface area (Å²) in [6, 6.07) is 0. The van der Waals surface area contributed by atoms with Gasteiger partial charge in [0, 0.05) is 6.54 Å². The number of hydrogen-bond donors (Lipinski definition) is 1. The number of ketones is 1. The third-order valence-electron chi connectivity index (χ3n) is 2.74. The maximum Gasteiger partial charge on any atom is 0.176 e. The fraction of sp³-hybridized carbons (Fsp3) is 0.909. The SMILES string of the molecule is CCCCCCCCN1SCC(=O)C1N. The van der Waals surface area contributed by atoms with E-state index in [-0.39, 0.29) is 11.9 Å². The second-order valence-electron chi connectivity index (χ2n) is 4.09. The number of unbranched alkanes of at least 4 members (excludes halogenated alkanes) is 5. The summed E-state index contributed by atoms with van der Waals surface area (Å²) < 4.78 is 2.03. The smallest absolute Gasteiger partial charge is 0.176 e. The zero-order chi connectivity index (χ0) is 11.1. The first-order valence-corrected chi connectivity index (χ1v) is 6.87. The number of carbonyl (C=O) groups is 1. The van der Waals surface area contributed by atoms with E-state index >= 15 is 0 Å². The van der Waals surface area contributed by atoms with E-state index in [0.717, 1.165) is 13.0 Å². The predicted molar refractivity (Wildman–Crippen MR) is 65.5 cm³/mol. The first-order chi connectivity index (χ1) is 7.25. The lowest BCUT2D eigenvalue weighted by Gasteiger charge is -2.17. The minimum atomic E-state index is -0.342. The van der Waals surface area contributed by atoms with Crippen LogP contribution >= 0.6 is 11.9 Å². The number of hydrogen-bond acceptors (Lipinski definition) is 4. The van der Waals surface area contributed by atoms with Gasteiger partial charge < -0.3 is 5.73 Å². The summed E-state index contributed by atoms with van der Waals surface area (Å²) in [5.41, 5.74) is 5.74. The monoisotopic (exact) mass is 230 g/mol. The van der Waals surface area contributed by atoms with Gasteiger partial charge in [-0.15, -0.1) is 0 Å². The molecular formula is C11H22N2OS. The molecule has 0 aliphatic carbocycles. The van der Waals surface area contributed by atoms with Crippen molar-refractivity contribution in [3.63, 3.8) is 0 Å². The van der Waals surface area contributed by atoms with Crippen molar-refractivity contribution in [2.45, 2.75) is 51.6 Å². The van der Waals surface area contributed by atoms with Crippen molar-refractivity contribution in [1.29, 1.82) is 0 Å². The molecule has 0 aromatic carbocycles. The summed E-state index contributed by atoms with van der Waals surface area (Å²) in [5.74, 6) is 0.739. The summed E-state index contributed by atoms with van der Waals surface area (Å²) in [4.78, 5) is 11.2. The molecule has 0 amide bonds. The van der Waals surface area contributed by atoms with Crippen LogP contribution in [-0.4, -0.2) is 28.6 Å². The molecule has 3 nitrogen and oxygen atoms in total. The first-order valence-electron chi connectivity index (χ1n) is 5.93. The van der Waals surface area contributed by atoms with Crippen molar-refractivity contribution in [2.24, 2.45) is 5.73 Å². The largest absolute Gasteiger partial charge is 0.309 e. The Morgan fingerprint density at radius 3 is 2.60 bits per heavy atom. The number of carbonyl (C=O) groups excluding carboxylic acids is 1. The topological polar surface area (TPSA) is 46.3 Å². The normalized spacial score (nSPS) is 22.5. The Kier molecular flexibility index (Phi) is 6.29. The van der Waals surface area contributed by atoms with Crippen LogP contribution in [0.25, 0.3) is 0 Å². The van der Waals surface area contributed by atoms with Gasteiger partial charge in [-0.25, -0.2) is 4.31 Å². The molecule has 1 heterocycles. The standard InChI is InChI=1S/C11H22N2OS/c1-2-3-4-5-6-7-8-13-11(12)10(14)9-15-13/h11H,2-9,12H2,1H3. The van der Waals surface area contributed by atoms with Gasteiger partial charge in [0.15, 0.2) is 5.78 Å². The molecule has 0 aromatic rings. The van der Waals surface area contributed by atoms with Gasteiger partial charge in [-0.05, 0) is 6.42 Å². The zero-order valence-electron chi connectivity index (χ0n) is 9.58. The second-order valence-corrected chi connectivity index (χ2v) is 5.11. The molecule has 15 heavy (non-hydrogen) atoms. The maximum absolute atomic E-state index is 11.2. The average Bonchev–Trinajstić information content (AvgIpc) is 2.54. The van der Waals surface area contributed by atoms with Gasteiger partial charge in [0.1, 0.15) is 6.17 Å². The van der Waals surface area contributed by atoms with Crippen LogP contribution < -0.4 is 5.73 Å². The Bertz CT molecular complexity index is 199. The molecule has 0 aromatic heterocycles. The van der Waals surface area contributed by atoms with Crippen molar-refractivity contribution in [3.8, 4) is 0 Å². The quantitative estimate of drug-likeness (QED) is 0.538. The highest BCUT2D eigenvalue weighted by Crippen LogP contribution is 2.21. The fourth-order valence-electron chi connectivity index (χ4n) is 1.72. The van der Waals surface area contributed by atoms with Gasteiger partial charge in [-0.2, -0.15) is 0 Å². The minimum absolute atomic E-state index is 0.172. The van der Waals surface area contributed by atoms with Crippen molar-refractivity contribution >= 4 is 17.7 Å². The van der Waals surface area contributed by atoms with Crippen LogP contribution in [0.1, 0.15) is 45.4 Å². The van der Waals surface area contributed by atoms with E-state index in [9.17, 15) is 4.79 Å². The molecule has 1 aliphatic rings. The molecule has 1 atom stereocenters. The number of nitrogens with zero attached hydrogens (tertiary/aromatic N) is 1. The van der Waals surface area contributed by atoms with Crippen LogP contribution in [0.15, 0.2) is 0 Å². The lowest BCUT2D eigenvalue weighted by molar-refractivity contribution is -0.118. The Labute approximate surface area is 96.9 Å². The van der Waals surface area contributed by atoms with Gasteiger partial charge in [-0.3, -0.25) is 4.79 Å². The summed E-state index contributed by atoms with van der Waals surface area (Å²) in [5, 5.41) is 0. The zero-order valence-corrected chi connectivity index (χ0v) is 10.4. The van der Waals surface area contributed by atoms with Gasteiger partial charge in [-0.1, -0.05) is 51.0 Å². The van der Waals surface area contributed by atoms with E-state index < -0.39 is 0 Å². The van der Waals surface area contributed by atoms with Crippen LogP contribution in [0.2, 0.25) is 0 Å². The molecule has 1 rings (SSSR count). The third-order valence-corrected chi connectivity index (χ3v) is 3.90. The van der Waals surface area contributed by atoms with Crippen molar-refractivity contribution < 1.29 is 4.79 Å². The van der Waals surface area contributed by atoms with E-state index in [1.165, 1.54) is 32.1 Å². The van der Waals surface area contributed by atoms with Crippen LogP contribution in [-0.2, 0) is 4.79 Å². The van der Waals surface area contributed by atoms with Crippen LogP contribution in [0.4, 0.5) is 0 Å². The lowest BCUT2D eigenvalue weighted by atomic mass is 10.1. The molecule has 1 fully saturated rings. The third kappa shape index (κ3) is 4.53. The molecule has 1 unspecified atom stereocenters. The van der Waals surface area contributed by atoms with Crippen molar-refractivity contribution in [1.82, 2.24) is 4.31 Å². The molecule has 0 bridgehead atoms. The predicted octanol–water partition coefficient (Wildman–Crippen LogP) is 2.16. The molecule has 2 N–H and O–H groups in total. The highest BCUT2D eigenvalue weighted by atomic mass is 32.2. The molecule has 1 aliphatic heterocycles. The van der Waals surface area contributed by atoms with Crippen molar-refractivity contribution in [3.05, 3.63) is 0 Å². The molecular weight excluding hydrogens is 208 g/mol. The molecule has 88 valence electrons. The Morgan fingerprint density at radius 2 is 2.00 bits per heavy atom. The van der Waals surface area contributed by atoms with E-state index in [2.05, 4.69) is 6.92 Å². The highest BCUT2D eigenvalue weighted by Gasteiger charge is 2.29. The Hall–Kier alpha value is -0.0600. The summed E-state index contributed by atoms with van der Waals surface area (Å²) in [6.07, 6.45) is 7.38. The summed E-state index contributed by atoms with van der Waals surface area (Å²) in [6.45, 7) is 3.19. The number of nitrogens with two attached hydrogens (primary N) is 1. The van der Waals surface area contributed by atoms with E-state index in [0.29, 0.717) is 5.75 Å². The summed E-state index contributed by atoms with van der Waals surface area (Å²) in [7, 11) is 0. The molecule has 0 saturated carbocycles. The average molecular weight is 230 g/mol. The van der Waals surface area contributed by atoms with Crippen LogP contribution in [0.5, 0.6) is 0 Å². The Balaban J connectivity index is 1.98. The summed E-state index contributed by atoms with van der Waals surface area (Å²) >= 11 is 1.59. The molecule has 4 heteroatoms. The second kappa shape index (κ2) is 7.25. The van der Waals surface area contributed by atoms with Gasteiger partial charge in [0.2, 0.25) is 0 Å². The molecule has 1 saturated heterocycles. The molecule has 0 spiro atoms. The van der Waals surface area contributed by atoms with E-state index in [1.807, 2.05) is 4.31 Å².